The fourth-order valence-corrected chi connectivity index (χ4v) is 4.69. The van der Waals surface area contributed by atoms with Crippen molar-refractivity contribution < 1.29 is 8.42 Å². The minimum atomic E-state index is -3.04. The van der Waals surface area contributed by atoms with Gasteiger partial charge in [0.2, 0.25) is 10.0 Å². The highest BCUT2D eigenvalue weighted by Crippen LogP contribution is 2.29. The third-order valence-corrected chi connectivity index (χ3v) is 6.38. The minimum absolute atomic E-state index is 0.471. The number of aryl methyl sites for hydroxylation is 1. The van der Waals surface area contributed by atoms with Gasteiger partial charge in [-0.25, -0.2) is 22.7 Å². The molecule has 6 nitrogen and oxygen atoms in total. The SMILES string of the molecule is Cc1nccc([C@@H]2CCCN(C3CCN(S(C)(=O)=O)CC3)C2)n1. The van der Waals surface area contributed by atoms with Crippen LogP contribution in [-0.4, -0.2) is 66.1 Å². The number of likely N-dealkylation sites (tertiary alicyclic amines) is 1. The second-order valence-electron chi connectivity index (χ2n) is 6.76. The second-order valence-corrected chi connectivity index (χ2v) is 8.74. The summed E-state index contributed by atoms with van der Waals surface area (Å²) in [5.41, 5.74) is 1.15. The van der Waals surface area contributed by atoms with Gasteiger partial charge >= 0.3 is 0 Å². The first-order chi connectivity index (χ1) is 10.9. The Hall–Kier alpha value is -1.05. The van der Waals surface area contributed by atoms with Crippen LogP contribution >= 0.6 is 0 Å². The zero-order valence-corrected chi connectivity index (χ0v) is 14.8. The molecule has 2 fully saturated rings. The van der Waals surface area contributed by atoms with Gasteiger partial charge in [0.15, 0.2) is 0 Å². The number of sulfonamides is 1. The highest BCUT2D eigenvalue weighted by Gasteiger charge is 2.31. The summed E-state index contributed by atoms with van der Waals surface area (Å²) in [5.74, 6) is 1.31. The molecule has 0 aromatic carbocycles. The van der Waals surface area contributed by atoms with Gasteiger partial charge in [-0.1, -0.05) is 0 Å². The van der Waals surface area contributed by atoms with Gasteiger partial charge in [-0.3, -0.25) is 4.90 Å². The Morgan fingerprint density at radius 3 is 2.57 bits per heavy atom. The number of rotatable bonds is 3. The van der Waals surface area contributed by atoms with Gasteiger partial charge < -0.3 is 0 Å². The lowest BCUT2D eigenvalue weighted by Crippen LogP contribution is -2.49. The first kappa shape index (κ1) is 16.8. The summed E-state index contributed by atoms with van der Waals surface area (Å²) in [5, 5.41) is 0. The van der Waals surface area contributed by atoms with Gasteiger partial charge in [0.05, 0.1) is 6.26 Å². The van der Waals surface area contributed by atoms with E-state index in [1.165, 1.54) is 19.1 Å². The molecule has 0 bridgehead atoms. The average Bonchev–Trinajstić information content (AvgIpc) is 2.54. The molecule has 23 heavy (non-hydrogen) atoms. The molecular formula is C16H26N4O2S. The van der Waals surface area contributed by atoms with Gasteiger partial charge in [-0.2, -0.15) is 0 Å². The van der Waals surface area contributed by atoms with E-state index in [0.29, 0.717) is 25.0 Å². The summed E-state index contributed by atoms with van der Waals surface area (Å²) in [4.78, 5) is 11.3. The molecule has 1 atom stereocenters. The Bertz CT molecular complexity index is 641. The van der Waals surface area contributed by atoms with Crippen molar-refractivity contribution in [3.63, 3.8) is 0 Å². The standard InChI is InChI=1S/C16H26N4O2S/c1-13-17-8-5-16(18-13)14-4-3-9-19(12-14)15-6-10-20(11-7-15)23(2,21)22/h5,8,14-15H,3-4,6-7,9-12H2,1-2H3/t14-/m1/s1. The van der Waals surface area contributed by atoms with Crippen LogP contribution in [0, 0.1) is 6.92 Å². The van der Waals surface area contributed by atoms with Gasteiger partial charge in [0.25, 0.3) is 0 Å². The maximum absolute atomic E-state index is 11.6. The Balaban J connectivity index is 1.61. The molecule has 0 N–H and O–H groups in total. The number of nitrogens with zero attached hydrogens (tertiary/aromatic N) is 4. The maximum Gasteiger partial charge on any atom is 0.211 e. The van der Waals surface area contributed by atoms with Crippen molar-refractivity contribution >= 4 is 10.0 Å². The molecule has 7 heteroatoms. The van der Waals surface area contributed by atoms with Gasteiger partial charge in [-0.15, -0.1) is 0 Å². The molecule has 0 unspecified atom stereocenters. The van der Waals surface area contributed by atoms with Crippen LogP contribution in [0.15, 0.2) is 12.3 Å². The van der Waals surface area contributed by atoms with Crippen molar-refractivity contribution in [3.8, 4) is 0 Å². The first-order valence-electron chi connectivity index (χ1n) is 8.42. The molecule has 0 amide bonds. The number of piperidine rings is 2. The zero-order valence-electron chi connectivity index (χ0n) is 14.0. The van der Waals surface area contributed by atoms with E-state index in [1.54, 1.807) is 4.31 Å². The van der Waals surface area contributed by atoms with E-state index in [1.807, 2.05) is 19.2 Å². The van der Waals surface area contributed by atoms with Gasteiger partial charge in [0.1, 0.15) is 5.82 Å². The predicted molar refractivity (Wildman–Crippen MR) is 89.8 cm³/mol. The quantitative estimate of drug-likeness (QED) is 0.833. The fraction of sp³-hybridized carbons (Fsp3) is 0.750. The molecule has 3 heterocycles. The van der Waals surface area contributed by atoms with Crippen LogP contribution in [-0.2, 0) is 10.0 Å². The normalized spacial score (nSPS) is 25.6. The number of aromatic nitrogens is 2. The highest BCUT2D eigenvalue weighted by molar-refractivity contribution is 7.88. The van der Waals surface area contributed by atoms with E-state index in [2.05, 4.69) is 14.9 Å². The van der Waals surface area contributed by atoms with Crippen LogP contribution < -0.4 is 0 Å². The van der Waals surface area contributed by atoms with Crippen molar-refractivity contribution in [2.75, 3.05) is 32.4 Å². The van der Waals surface area contributed by atoms with Crippen LogP contribution in [0.2, 0.25) is 0 Å². The van der Waals surface area contributed by atoms with E-state index in [-0.39, 0.29) is 0 Å². The van der Waals surface area contributed by atoms with Crippen molar-refractivity contribution in [2.24, 2.45) is 0 Å². The van der Waals surface area contributed by atoms with Crippen molar-refractivity contribution in [3.05, 3.63) is 23.8 Å². The maximum atomic E-state index is 11.6. The molecule has 2 saturated heterocycles. The Kier molecular flexibility index (Phi) is 4.98. The topological polar surface area (TPSA) is 66.4 Å². The summed E-state index contributed by atoms with van der Waals surface area (Å²) in [6.07, 6.45) is 7.38. The lowest BCUT2D eigenvalue weighted by Gasteiger charge is -2.41. The Morgan fingerprint density at radius 1 is 1.17 bits per heavy atom. The minimum Gasteiger partial charge on any atom is -0.300 e. The van der Waals surface area contributed by atoms with E-state index in [4.69, 9.17) is 0 Å². The molecule has 2 aliphatic rings. The molecular weight excluding hydrogens is 312 g/mol. The van der Waals surface area contributed by atoms with Gasteiger partial charge in [-0.05, 0) is 45.2 Å². The fourth-order valence-electron chi connectivity index (χ4n) is 3.82. The molecule has 0 radical (unpaired) electrons. The van der Waals surface area contributed by atoms with Crippen LogP contribution in [0.1, 0.15) is 43.1 Å². The molecule has 0 spiro atoms. The third-order valence-electron chi connectivity index (χ3n) is 5.08. The summed E-state index contributed by atoms with van der Waals surface area (Å²) in [7, 11) is -3.04. The van der Waals surface area contributed by atoms with Crippen LogP contribution in [0.25, 0.3) is 0 Å². The largest absolute Gasteiger partial charge is 0.300 e. The Labute approximate surface area is 139 Å². The molecule has 128 valence electrons. The molecule has 1 aromatic heterocycles. The van der Waals surface area contributed by atoms with Crippen LogP contribution in [0.4, 0.5) is 0 Å². The van der Waals surface area contributed by atoms with Crippen molar-refractivity contribution in [1.82, 2.24) is 19.2 Å². The molecule has 0 saturated carbocycles. The molecule has 0 aliphatic carbocycles. The number of hydrogen-bond acceptors (Lipinski definition) is 5. The monoisotopic (exact) mass is 338 g/mol. The van der Waals surface area contributed by atoms with Crippen molar-refractivity contribution in [2.45, 2.75) is 44.6 Å². The number of hydrogen-bond donors (Lipinski definition) is 0. The lowest BCUT2D eigenvalue weighted by atomic mass is 9.92. The first-order valence-corrected chi connectivity index (χ1v) is 10.3. The predicted octanol–water partition coefficient (Wildman–Crippen LogP) is 1.39. The van der Waals surface area contributed by atoms with Crippen LogP contribution in [0.3, 0.4) is 0 Å². The third kappa shape index (κ3) is 4.08. The summed E-state index contributed by atoms with van der Waals surface area (Å²) in [6.45, 7) is 5.38. The average molecular weight is 338 g/mol. The van der Waals surface area contributed by atoms with E-state index in [9.17, 15) is 8.42 Å². The summed E-state index contributed by atoms with van der Waals surface area (Å²) >= 11 is 0. The van der Waals surface area contributed by atoms with E-state index < -0.39 is 10.0 Å². The molecule has 1 aromatic rings. The van der Waals surface area contributed by atoms with Gasteiger partial charge in [0, 0.05) is 43.5 Å². The van der Waals surface area contributed by atoms with Crippen LogP contribution in [0.5, 0.6) is 0 Å². The Morgan fingerprint density at radius 2 is 1.91 bits per heavy atom. The second kappa shape index (κ2) is 6.83. The highest BCUT2D eigenvalue weighted by atomic mass is 32.2. The van der Waals surface area contributed by atoms with E-state index in [0.717, 1.165) is 37.4 Å². The summed E-state index contributed by atoms with van der Waals surface area (Å²) in [6, 6.07) is 2.53. The molecule has 3 rings (SSSR count). The van der Waals surface area contributed by atoms with E-state index >= 15 is 0 Å². The molecule has 2 aliphatic heterocycles. The zero-order chi connectivity index (χ0) is 16.4. The lowest BCUT2D eigenvalue weighted by molar-refractivity contribution is 0.106. The summed E-state index contributed by atoms with van der Waals surface area (Å²) < 4.78 is 24.9. The smallest absolute Gasteiger partial charge is 0.211 e. The van der Waals surface area contributed by atoms with Crippen molar-refractivity contribution in [1.29, 1.82) is 0 Å².